The average Bonchev–Trinajstić information content (AvgIpc) is 2.41. The van der Waals surface area contributed by atoms with Crippen molar-refractivity contribution in [1.82, 2.24) is 0 Å². The Morgan fingerprint density at radius 1 is 1.11 bits per heavy atom. The largest absolute Gasteiger partial charge is 0.508 e. The molecule has 0 aliphatic carbocycles. The van der Waals surface area contributed by atoms with Crippen LogP contribution in [-0.2, 0) is 15.4 Å². The summed E-state index contributed by atoms with van der Waals surface area (Å²) in [7, 11) is 0. The van der Waals surface area contributed by atoms with Crippen molar-refractivity contribution < 1.29 is 14.1 Å². The van der Waals surface area contributed by atoms with E-state index in [2.05, 4.69) is 15.9 Å². The Morgan fingerprint density at radius 2 is 1.74 bits per heavy atom. The van der Waals surface area contributed by atoms with E-state index in [1.807, 2.05) is 24.3 Å². The second kappa shape index (κ2) is 6.63. The monoisotopic (exact) mass is 338 g/mol. The lowest BCUT2D eigenvalue weighted by molar-refractivity contribution is -0.132. The SMILES string of the molecule is O=C(Cc1ccc(Br)cc1)OSc1ccc(O)cc1. The Hall–Kier alpha value is -1.46. The zero-order chi connectivity index (χ0) is 13.7. The molecule has 0 fully saturated rings. The van der Waals surface area contributed by atoms with Crippen LogP contribution >= 0.6 is 28.0 Å². The second-order valence-electron chi connectivity index (χ2n) is 3.84. The highest BCUT2D eigenvalue weighted by molar-refractivity contribution is 9.10. The van der Waals surface area contributed by atoms with Gasteiger partial charge in [0.2, 0.25) is 0 Å². The zero-order valence-electron chi connectivity index (χ0n) is 9.88. The van der Waals surface area contributed by atoms with Crippen molar-refractivity contribution in [1.29, 1.82) is 0 Å². The van der Waals surface area contributed by atoms with Crippen molar-refractivity contribution >= 4 is 33.9 Å². The first kappa shape index (κ1) is 14.0. The first-order valence-electron chi connectivity index (χ1n) is 5.54. The summed E-state index contributed by atoms with van der Waals surface area (Å²) < 4.78 is 6.06. The number of hydrogen-bond donors (Lipinski definition) is 1. The van der Waals surface area contributed by atoms with Gasteiger partial charge in [-0.25, -0.2) is 0 Å². The van der Waals surface area contributed by atoms with Crippen LogP contribution in [0, 0.1) is 0 Å². The van der Waals surface area contributed by atoms with Gasteiger partial charge in [-0.05, 0) is 42.0 Å². The van der Waals surface area contributed by atoms with Gasteiger partial charge in [0.15, 0.2) is 0 Å². The van der Waals surface area contributed by atoms with E-state index < -0.39 is 0 Å². The predicted octanol–water partition coefficient (Wildman–Crippen LogP) is 3.95. The van der Waals surface area contributed by atoms with E-state index in [0.29, 0.717) is 0 Å². The first-order valence-corrected chi connectivity index (χ1v) is 7.08. The van der Waals surface area contributed by atoms with Gasteiger partial charge in [0.1, 0.15) is 5.75 Å². The second-order valence-corrected chi connectivity index (χ2v) is 5.56. The summed E-state index contributed by atoms with van der Waals surface area (Å²) in [5.74, 6) is -0.120. The maximum absolute atomic E-state index is 11.6. The topological polar surface area (TPSA) is 46.5 Å². The third kappa shape index (κ3) is 4.61. The van der Waals surface area contributed by atoms with Crippen LogP contribution < -0.4 is 0 Å². The Labute approximate surface area is 123 Å². The molecule has 2 aromatic carbocycles. The van der Waals surface area contributed by atoms with Crippen LogP contribution in [0.3, 0.4) is 0 Å². The summed E-state index contributed by atoms with van der Waals surface area (Å²) in [5.41, 5.74) is 0.902. The standard InChI is InChI=1S/C14H11BrO3S/c15-11-3-1-10(2-4-11)9-14(17)18-19-13-7-5-12(16)6-8-13/h1-8,16H,9H2. The molecule has 98 valence electrons. The minimum atomic E-state index is -0.305. The van der Waals surface area contributed by atoms with Crippen LogP contribution in [0.1, 0.15) is 5.56 Å². The van der Waals surface area contributed by atoms with Gasteiger partial charge in [-0.2, -0.15) is 0 Å². The summed E-state index contributed by atoms with van der Waals surface area (Å²) in [6.45, 7) is 0. The molecule has 0 amide bonds. The number of hydrogen-bond acceptors (Lipinski definition) is 4. The average molecular weight is 339 g/mol. The van der Waals surface area contributed by atoms with Crippen LogP contribution in [0.15, 0.2) is 57.9 Å². The molecule has 19 heavy (non-hydrogen) atoms. The minimum absolute atomic E-state index is 0.186. The zero-order valence-corrected chi connectivity index (χ0v) is 12.3. The quantitative estimate of drug-likeness (QED) is 0.857. The molecule has 0 spiro atoms. The highest BCUT2D eigenvalue weighted by atomic mass is 79.9. The molecule has 0 heterocycles. The van der Waals surface area contributed by atoms with Crippen molar-refractivity contribution in [3.8, 4) is 5.75 Å². The highest BCUT2D eigenvalue weighted by Gasteiger charge is 2.06. The summed E-state index contributed by atoms with van der Waals surface area (Å²) in [5, 5.41) is 9.13. The Kier molecular flexibility index (Phi) is 4.87. The molecule has 0 aliphatic rings. The fraction of sp³-hybridized carbons (Fsp3) is 0.0714. The molecular weight excluding hydrogens is 328 g/mol. The highest BCUT2D eigenvalue weighted by Crippen LogP contribution is 2.22. The molecule has 0 aliphatic heterocycles. The molecular formula is C14H11BrO3S. The fourth-order valence-corrected chi connectivity index (χ4v) is 2.15. The van der Waals surface area contributed by atoms with Crippen molar-refractivity contribution in [2.45, 2.75) is 11.3 Å². The van der Waals surface area contributed by atoms with Gasteiger partial charge in [0, 0.05) is 9.37 Å². The summed E-state index contributed by atoms with van der Waals surface area (Å²) >= 11 is 4.33. The molecule has 0 saturated carbocycles. The van der Waals surface area contributed by atoms with Crippen LogP contribution in [0.25, 0.3) is 0 Å². The summed E-state index contributed by atoms with van der Waals surface area (Å²) in [4.78, 5) is 12.4. The van der Waals surface area contributed by atoms with E-state index in [0.717, 1.165) is 27.0 Å². The first-order chi connectivity index (χ1) is 9.13. The number of carbonyl (C=O) groups excluding carboxylic acids is 1. The van der Waals surface area contributed by atoms with E-state index in [9.17, 15) is 4.79 Å². The molecule has 0 unspecified atom stereocenters. The third-order valence-corrected chi connectivity index (χ3v) is 3.59. The van der Waals surface area contributed by atoms with Crippen molar-refractivity contribution in [3.05, 3.63) is 58.6 Å². The molecule has 0 radical (unpaired) electrons. The van der Waals surface area contributed by atoms with Gasteiger partial charge in [0.25, 0.3) is 0 Å². The van der Waals surface area contributed by atoms with E-state index in [1.54, 1.807) is 24.3 Å². The van der Waals surface area contributed by atoms with Crippen LogP contribution in [0.5, 0.6) is 5.75 Å². The summed E-state index contributed by atoms with van der Waals surface area (Å²) in [6.07, 6.45) is 0.234. The number of aromatic hydroxyl groups is 1. The van der Waals surface area contributed by atoms with Crippen LogP contribution in [0.4, 0.5) is 0 Å². The van der Waals surface area contributed by atoms with Crippen molar-refractivity contribution in [2.75, 3.05) is 0 Å². The Bertz CT molecular complexity index is 552. The minimum Gasteiger partial charge on any atom is -0.508 e. The Balaban J connectivity index is 1.84. The molecule has 0 saturated heterocycles. The number of halogens is 1. The lowest BCUT2D eigenvalue weighted by Crippen LogP contribution is -2.03. The number of benzene rings is 2. The Morgan fingerprint density at radius 3 is 2.37 bits per heavy atom. The normalized spacial score (nSPS) is 10.2. The summed E-state index contributed by atoms with van der Waals surface area (Å²) in [6, 6.07) is 14.0. The van der Waals surface area contributed by atoms with E-state index >= 15 is 0 Å². The maximum Gasteiger partial charge on any atom is 0.322 e. The molecule has 0 atom stereocenters. The lowest BCUT2D eigenvalue weighted by atomic mass is 10.2. The number of carbonyl (C=O) groups is 1. The molecule has 0 bridgehead atoms. The molecule has 2 aromatic rings. The number of phenols is 1. The van der Waals surface area contributed by atoms with Gasteiger partial charge in [-0.15, -0.1) is 0 Å². The molecule has 5 heteroatoms. The van der Waals surface area contributed by atoms with Gasteiger partial charge < -0.3 is 9.29 Å². The molecule has 1 N–H and O–H groups in total. The van der Waals surface area contributed by atoms with Gasteiger partial charge in [0.05, 0.1) is 18.5 Å². The van der Waals surface area contributed by atoms with Gasteiger partial charge >= 0.3 is 5.97 Å². The van der Waals surface area contributed by atoms with Gasteiger partial charge in [-0.3, -0.25) is 4.79 Å². The smallest absolute Gasteiger partial charge is 0.322 e. The molecule has 3 nitrogen and oxygen atoms in total. The van der Waals surface area contributed by atoms with Crippen molar-refractivity contribution in [3.63, 3.8) is 0 Å². The van der Waals surface area contributed by atoms with Crippen LogP contribution in [-0.4, -0.2) is 11.1 Å². The third-order valence-electron chi connectivity index (χ3n) is 2.33. The number of rotatable bonds is 4. The fourth-order valence-electron chi connectivity index (χ4n) is 1.39. The van der Waals surface area contributed by atoms with Gasteiger partial charge in [-0.1, -0.05) is 28.1 Å². The maximum atomic E-state index is 11.6. The molecule has 2 rings (SSSR count). The van der Waals surface area contributed by atoms with Crippen LogP contribution in [0.2, 0.25) is 0 Å². The number of phenolic OH excluding ortho intramolecular Hbond substituents is 1. The van der Waals surface area contributed by atoms with Crippen molar-refractivity contribution in [2.24, 2.45) is 0 Å². The van der Waals surface area contributed by atoms with E-state index in [4.69, 9.17) is 9.29 Å². The van der Waals surface area contributed by atoms with E-state index in [1.165, 1.54) is 0 Å². The van der Waals surface area contributed by atoms with E-state index in [-0.39, 0.29) is 18.1 Å². The molecule has 0 aromatic heterocycles. The predicted molar refractivity (Wildman–Crippen MR) is 77.9 cm³/mol. The lowest BCUT2D eigenvalue weighted by Gasteiger charge is -2.03.